The molecular formula is C23H24ClN3O4S. The largest absolute Gasteiger partial charge is 0.466 e. The summed E-state index contributed by atoms with van der Waals surface area (Å²) in [6.07, 6.45) is 1.43. The van der Waals surface area contributed by atoms with E-state index in [1.165, 1.54) is 0 Å². The van der Waals surface area contributed by atoms with Gasteiger partial charge in [0.1, 0.15) is 0 Å². The molecule has 0 amide bonds. The van der Waals surface area contributed by atoms with E-state index in [2.05, 4.69) is 9.97 Å². The maximum atomic E-state index is 13.5. The number of aromatic nitrogens is 2. The van der Waals surface area contributed by atoms with Gasteiger partial charge in [0.15, 0.2) is 10.8 Å². The van der Waals surface area contributed by atoms with E-state index in [9.17, 15) is 13.2 Å². The number of anilines is 1. The fraction of sp³-hybridized carbons (Fsp3) is 0.348. The zero-order valence-electron chi connectivity index (χ0n) is 17.7. The number of halogens is 1. The third-order valence-electron chi connectivity index (χ3n) is 5.43. The summed E-state index contributed by atoms with van der Waals surface area (Å²) < 4.78 is 32.1. The smallest absolute Gasteiger partial charge is 0.310 e. The van der Waals surface area contributed by atoms with E-state index in [1.807, 2.05) is 11.0 Å². The van der Waals surface area contributed by atoms with Crippen molar-refractivity contribution in [3.63, 3.8) is 0 Å². The average Bonchev–Trinajstić information content (AvgIpc) is 2.80. The summed E-state index contributed by atoms with van der Waals surface area (Å²) in [5.74, 6) is -0.536. The minimum absolute atomic E-state index is 0.0735. The van der Waals surface area contributed by atoms with Crippen LogP contribution in [0.5, 0.6) is 0 Å². The maximum absolute atomic E-state index is 13.5. The summed E-state index contributed by atoms with van der Waals surface area (Å²) in [5, 5.41) is 0.464. The third-order valence-corrected chi connectivity index (χ3v) is 7.26. The van der Waals surface area contributed by atoms with Crippen molar-refractivity contribution in [3.05, 3.63) is 59.1 Å². The Labute approximate surface area is 192 Å². The fourth-order valence-corrected chi connectivity index (χ4v) is 5.46. The van der Waals surface area contributed by atoms with Crippen LogP contribution >= 0.6 is 11.6 Å². The molecule has 1 aliphatic rings. The van der Waals surface area contributed by atoms with E-state index in [4.69, 9.17) is 16.3 Å². The molecule has 3 aromatic rings. The Balaban J connectivity index is 1.75. The minimum Gasteiger partial charge on any atom is -0.466 e. The zero-order chi connectivity index (χ0) is 22.7. The molecule has 0 N–H and O–H groups in total. The number of para-hydroxylation sites is 2. The molecule has 1 aromatic heterocycles. The van der Waals surface area contributed by atoms with Gasteiger partial charge in [-0.3, -0.25) is 4.79 Å². The number of carbonyl (C=O) groups is 1. The van der Waals surface area contributed by atoms with E-state index in [1.54, 1.807) is 49.4 Å². The molecule has 0 spiro atoms. The summed E-state index contributed by atoms with van der Waals surface area (Å²) >= 11 is 5.94. The maximum Gasteiger partial charge on any atom is 0.310 e. The molecule has 0 aliphatic carbocycles. The van der Waals surface area contributed by atoms with E-state index in [0.29, 0.717) is 47.7 Å². The van der Waals surface area contributed by atoms with Crippen molar-refractivity contribution in [2.75, 3.05) is 24.6 Å². The normalized spacial score (nSPS) is 16.8. The lowest BCUT2D eigenvalue weighted by Gasteiger charge is -2.33. The molecule has 7 nitrogen and oxygen atoms in total. The highest BCUT2D eigenvalue weighted by atomic mass is 35.5. The van der Waals surface area contributed by atoms with Crippen LogP contribution in [0, 0.1) is 5.92 Å². The van der Waals surface area contributed by atoms with Crippen molar-refractivity contribution in [2.24, 2.45) is 5.92 Å². The lowest BCUT2D eigenvalue weighted by Crippen LogP contribution is -2.40. The van der Waals surface area contributed by atoms with Crippen molar-refractivity contribution < 1.29 is 17.9 Å². The number of carbonyl (C=O) groups excluding carboxylic acids is 1. The van der Waals surface area contributed by atoms with Crippen molar-refractivity contribution in [2.45, 2.75) is 30.5 Å². The molecule has 4 rings (SSSR count). The Morgan fingerprint density at radius 1 is 1.12 bits per heavy atom. The molecule has 1 unspecified atom stereocenters. The van der Waals surface area contributed by atoms with Gasteiger partial charge in [0.05, 0.1) is 29.3 Å². The highest BCUT2D eigenvalue weighted by molar-refractivity contribution is 7.90. The second kappa shape index (κ2) is 9.42. The molecule has 1 fully saturated rings. The number of hydrogen-bond donors (Lipinski definition) is 0. The number of ether oxygens (including phenoxy) is 1. The molecule has 9 heteroatoms. The van der Waals surface area contributed by atoms with Crippen molar-refractivity contribution in [3.8, 4) is 0 Å². The van der Waals surface area contributed by atoms with E-state index in [-0.39, 0.29) is 28.5 Å². The summed E-state index contributed by atoms with van der Waals surface area (Å²) in [7, 11) is -3.82. The molecular weight excluding hydrogens is 450 g/mol. The predicted octanol–water partition coefficient (Wildman–Crippen LogP) is 4.04. The molecule has 168 valence electrons. The van der Waals surface area contributed by atoms with Crippen molar-refractivity contribution in [1.29, 1.82) is 0 Å². The van der Waals surface area contributed by atoms with Gasteiger partial charge in [-0.1, -0.05) is 35.9 Å². The van der Waals surface area contributed by atoms with Gasteiger partial charge < -0.3 is 9.64 Å². The number of esters is 1. The molecule has 2 aromatic carbocycles. The number of fused-ring (bicyclic) bond motifs is 1. The van der Waals surface area contributed by atoms with Crippen molar-refractivity contribution >= 4 is 44.3 Å². The average molecular weight is 474 g/mol. The summed E-state index contributed by atoms with van der Waals surface area (Å²) in [4.78, 5) is 23.3. The molecule has 32 heavy (non-hydrogen) atoms. The van der Waals surface area contributed by atoms with Crippen LogP contribution < -0.4 is 4.90 Å². The minimum atomic E-state index is -3.82. The van der Waals surface area contributed by atoms with Gasteiger partial charge in [-0.05, 0) is 49.6 Å². The number of rotatable bonds is 6. The third kappa shape index (κ3) is 4.86. The molecule has 1 atom stereocenters. The van der Waals surface area contributed by atoms with E-state index >= 15 is 0 Å². The highest BCUT2D eigenvalue weighted by Gasteiger charge is 2.32. The summed E-state index contributed by atoms with van der Waals surface area (Å²) in [6.45, 7) is 3.02. The van der Waals surface area contributed by atoms with Gasteiger partial charge in [0.2, 0.25) is 9.84 Å². The lowest BCUT2D eigenvalue weighted by atomic mass is 9.98. The first-order valence-corrected chi connectivity index (χ1v) is 12.6. The quantitative estimate of drug-likeness (QED) is 0.499. The number of benzene rings is 2. The van der Waals surface area contributed by atoms with Crippen LogP contribution in [-0.2, 0) is 25.1 Å². The molecule has 0 radical (unpaired) electrons. The summed E-state index contributed by atoms with van der Waals surface area (Å²) in [5.41, 5.74) is 1.72. The number of piperidine rings is 1. The van der Waals surface area contributed by atoms with Gasteiger partial charge in [-0.15, -0.1) is 0 Å². The van der Waals surface area contributed by atoms with Crippen LogP contribution in [0.4, 0.5) is 5.82 Å². The number of nitrogens with zero attached hydrogens (tertiary/aromatic N) is 3. The van der Waals surface area contributed by atoms with E-state index in [0.717, 1.165) is 6.42 Å². The first-order chi connectivity index (χ1) is 15.4. The predicted molar refractivity (Wildman–Crippen MR) is 123 cm³/mol. The van der Waals surface area contributed by atoms with Crippen LogP contribution in [0.15, 0.2) is 53.6 Å². The van der Waals surface area contributed by atoms with Crippen LogP contribution in [0.2, 0.25) is 5.02 Å². The number of sulfone groups is 1. The molecule has 1 aliphatic heterocycles. The highest BCUT2D eigenvalue weighted by Crippen LogP contribution is 2.31. The monoisotopic (exact) mass is 473 g/mol. The van der Waals surface area contributed by atoms with E-state index < -0.39 is 9.84 Å². The summed E-state index contributed by atoms with van der Waals surface area (Å²) in [6, 6.07) is 13.9. The topological polar surface area (TPSA) is 89.5 Å². The van der Waals surface area contributed by atoms with Crippen LogP contribution in [0.25, 0.3) is 11.0 Å². The van der Waals surface area contributed by atoms with Gasteiger partial charge >= 0.3 is 5.97 Å². The lowest BCUT2D eigenvalue weighted by molar-refractivity contribution is -0.148. The van der Waals surface area contributed by atoms with Gasteiger partial charge in [-0.25, -0.2) is 18.4 Å². The Morgan fingerprint density at radius 3 is 2.50 bits per heavy atom. The van der Waals surface area contributed by atoms with Crippen LogP contribution in [0.1, 0.15) is 25.3 Å². The second-order valence-electron chi connectivity index (χ2n) is 7.76. The molecule has 0 saturated carbocycles. The Kier molecular flexibility index (Phi) is 6.62. The SMILES string of the molecule is CCOC(=O)C1CCCN(c2nc3ccccc3nc2S(=O)(=O)Cc2ccc(Cl)cc2)C1. The van der Waals surface area contributed by atoms with Crippen molar-refractivity contribution in [1.82, 2.24) is 9.97 Å². The fourth-order valence-electron chi connectivity index (χ4n) is 3.88. The van der Waals surface area contributed by atoms with Gasteiger partial charge in [0, 0.05) is 18.1 Å². The zero-order valence-corrected chi connectivity index (χ0v) is 19.3. The second-order valence-corrected chi connectivity index (χ2v) is 10.1. The Morgan fingerprint density at radius 2 is 1.81 bits per heavy atom. The molecule has 1 saturated heterocycles. The van der Waals surface area contributed by atoms with Gasteiger partial charge in [-0.2, -0.15) is 0 Å². The first-order valence-electron chi connectivity index (χ1n) is 10.5. The molecule has 2 heterocycles. The first kappa shape index (κ1) is 22.5. The van der Waals surface area contributed by atoms with Crippen LogP contribution in [-0.4, -0.2) is 44.1 Å². The number of hydrogen-bond acceptors (Lipinski definition) is 7. The van der Waals surface area contributed by atoms with Gasteiger partial charge in [0.25, 0.3) is 0 Å². The van der Waals surface area contributed by atoms with Crippen LogP contribution in [0.3, 0.4) is 0 Å². The standard InChI is InChI=1S/C23H24ClN3O4S/c1-2-31-23(28)17-6-5-13-27(14-17)21-22(26-20-8-4-3-7-19(20)25-21)32(29,30)15-16-9-11-18(24)12-10-16/h3-4,7-12,17H,2,5-6,13-15H2,1H3. The Bertz CT molecular complexity index is 1230. The molecule has 0 bridgehead atoms. The Hall–Kier alpha value is -2.71.